The lowest BCUT2D eigenvalue weighted by molar-refractivity contribution is 0.246. The maximum Gasteiger partial charge on any atom is 0.0371 e. The Balaban J connectivity index is 2.29. The van der Waals surface area contributed by atoms with Crippen LogP contribution in [-0.4, -0.2) is 12.1 Å². The van der Waals surface area contributed by atoms with Gasteiger partial charge in [0.2, 0.25) is 0 Å². The molecule has 1 unspecified atom stereocenters. The molecule has 0 radical (unpaired) electrons. The van der Waals surface area contributed by atoms with Crippen LogP contribution in [0.5, 0.6) is 0 Å². The van der Waals surface area contributed by atoms with E-state index in [0.29, 0.717) is 12.1 Å². The zero-order valence-electron chi connectivity index (χ0n) is 15.8. The molecule has 4 atom stereocenters. The Morgan fingerprint density at radius 3 is 2.30 bits per heavy atom. The molecular formula is C22H35N. The van der Waals surface area contributed by atoms with E-state index in [1.54, 1.807) is 5.57 Å². The van der Waals surface area contributed by atoms with Gasteiger partial charge in [-0.25, -0.2) is 0 Å². The van der Waals surface area contributed by atoms with E-state index in [2.05, 4.69) is 75.9 Å². The smallest absolute Gasteiger partial charge is 0.0371 e. The lowest BCUT2D eigenvalue weighted by Gasteiger charge is -2.50. The summed E-state index contributed by atoms with van der Waals surface area (Å²) in [5, 5.41) is 0. The van der Waals surface area contributed by atoms with Crippen LogP contribution in [0, 0.1) is 11.8 Å². The molecule has 0 aromatic heterocycles. The van der Waals surface area contributed by atoms with Crippen molar-refractivity contribution in [1.82, 2.24) is 0 Å². The fraction of sp³-hybridized carbons (Fsp3) is 0.636. The van der Waals surface area contributed by atoms with Gasteiger partial charge in [-0.05, 0) is 50.7 Å². The second kappa shape index (κ2) is 8.57. The number of rotatable bonds is 8. The van der Waals surface area contributed by atoms with Crippen LogP contribution in [0.1, 0.15) is 66.7 Å². The SMILES string of the molecule is CCC=C(CC)[C@@H]1CC[C@@H]1N(c1ccccc1)[C@@H](C)C(C)CC. The van der Waals surface area contributed by atoms with Crippen molar-refractivity contribution in [2.75, 3.05) is 4.90 Å². The molecule has 0 bridgehead atoms. The van der Waals surface area contributed by atoms with Crippen LogP contribution in [-0.2, 0) is 0 Å². The monoisotopic (exact) mass is 313 g/mol. The first-order valence-electron chi connectivity index (χ1n) is 9.66. The van der Waals surface area contributed by atoms with Crippen LogP contribution in [0.2, 0.25) is 0 Å². The van der Waals surface area contributed by atoms with E-state index in [1.165, 1.54) is 37.8 Å². The molecule has 1 heteroatoms. The fourth-order valence-electron chi connectivity index (χ4n) is 4.01. The summed E-state index contributed by atoms with van der Waals surface area (Å²) in [6.07, 6.45) is 8.79. The van der Waals surface area contributed by atoms with Gasteiger partial charge in [0.15, 0.2) is 0 Å². The summed E-state index contributed by atoms with van der Waals surface area (Å²) in [5.74, 6) is 1.48. The number of hydrogen-bond acceptors (Lipinski definition) is 1. The van der Waals surface area contributed by atoms with Gasteiger partial charge in [-0.3, -0.25) is 0 Å². The van der Waals surface area contributed by atoms with Gasteiger partial charge in [0, 0.05) is 23.7 Å². The number of anilines is 1. The molecule has 128 valence electrons. The van der Waals surface area contributed by atoms with Crippen molar-refractivity contribution in [3.05, 3.63) is 42.0 Å². The van der Waals surface area contributed by atoms with Gasteiger partial charge in [0.1, 0.15) is 0 Å². The van der Waals surface area contributed by atoms with Crippen LogP contribution in [0.25, 0.3) is 0 Å². The van der Waals surface area contributed by atoms with E-state index < -0.39 is 0 Å². The van der Waals surface area contributed by atoms with Crippen molar-refractivity contribution in [3.63, 3.8) is 0 Å². The minimum Gasteiger partial charge on any atom is -0.365 e. The molecule has 1 aliphatic carbocycles. The largest absolute Gasteiger partial charge is 0.365 e. The Labute approximate surface area is 143 Å². The number of para-hydroxylation sites is 1. The summed E-state index contributed by atoms with van der Waals surface area (Å²) in [4.78, 5) is 2.74. The third-order valence-electron chi connectivity index (χ3n) is 5.91. The summed E-state index contributed by atoms with van der Waals surface area (Å²) < 4.78 is 0. The molecule has 0 amide bonds. The second-order valence-electron chi connectivity index (χ2n) is 7.16. The van der Waals surface area contributed by atoms with Gasteiger partial charge in [0.25, 0.3) is 0 Å². The van der Waals surface area contributed by atoms with Crippen LogP contribution < -0.4 is 4.90 Å². The van der Waals surface area contributed by atoms with E-state index in [-0.39, 0.29) is 0 Å². The van der Waals surface area contributed by atoms with Gasteiger partial charge in [0.05, 0.1) is 0 Å². The van der Waals surface area contributed by atoms with E-state index >= 15 is 0 Å². The molecule has 0 aliphatic heterocycles. The third-order valence-corrected chi connectivity index (χ3v) is 5.91. The molecule has 1 saturated carbocycles. The van der Waals surface area contributed by atoms with Crippen molar-refractivity contribution >= 4 is 5.69 Å². The Hall–Kier alpha value is -1.24. The number of benzene rings is 1. The molecule has 1 fully saturated rings. The quantitative estimate of drug-likeness (QED) is 0.498. The number of nitrogens with zero attached hydrogens (tertiary/aromatic N) is 1. The molecule has 0 spiro atoms. The molecule has 0 saturated heterocycles. The highest BCUT2D eigenvalue weighted by atomic mass is 15.2. The summed E-state index contributed by atoms with van der Waals surface area (Å²) in [6.45, 7) is 11.7. The van der Waals surface area contributed by atoms with Crippen LogP contribution in [0.15, 0.2) is 42.0 Å². The highest BCUT2D eigenvalue weighted by molar-refractivity contribution is 5.49. The molecule has 1 aromatic rings. The predicted octanol–water partition coefficient (Wildman–Crippen LogP) is 6.45. The maximum atomic E-state index is 2.74. The van der Waals surface area contributed by atoms with Crippen molar-refractivity contribution in [3.8, 4) is 0 Å². The molecule has 1 aromatic carbocycles. The topological polar surface area (TPSA) is 3.24 Å². The van der Waals surface area contributed by atoms with Gasteiger partial charge >= 0.3 is 0 Å². The Morgan fingerprint density at radius 2 is 1.83 bits per heavy atom. The van der Waals surface area contributed by atoms with Crippen molar-refractivity contribution < 1.29 is 0 Å². The molecule has 23 heavy (non-hydrogen) atoms. The Morgan fingerprint density at radius 1 is 1.13 bits per heavy atom. The lowest BCUT2D eigenvalue weighted by Crippen LogP contribution is -2.53. The minimum absolute atomic E-state index is 0.593. The van der Waals surface area contributed by atoms with E-state index in [4.69, 9.17) is 0 Å². The number of allylic oxidation sites excluding steroid dienone is 1. The van der Waals surface area contributed by atoms with Gasteiger partial charge in [-0.1, -0.05) is 64.0 Å². The lowest BCUT2D eigenvalue weighted by atomic mass is 9.71. The molecule has 1 nitrogen and oxygen atoms in total. The molecule has 0 N–H and O–H groups in total. The standard InChI is InChI=1S/C22H35N/c1-6-12-19(8-3)21-15-16-22(21)23(18(5)17(4)7-2)20-13-10-9-11-14-20/h9-14,17-18,21-22H,6-8,15-16H2,1-5H3/t17?,18-,21-,22-/m0/s1. The predicted molar refractivity (Wildman–Crippen MR) is 103 cm³/mol. The summed E-state index contributed by atoms with van der Waals surface area (Å²) >= 11 is 0. The van der Waals surface area contributed by atoms with Crippen LogP contribution >= 0.6 is 0 Å². The molecular weight excluding hydrogens is 278 g/mol. The number of hydrogen-bond donors (Lipinski definition) is 0. The maximum absolute atomic E-state index is 2.74. The normalized spacial score (nSPS) is 24.0. The first kappa shape index (κ1) is 18.1. The van der Waals surface area contributed by atoms with Crippen LogP contribution in [0.4, 0.5) is 5.69 Å². The van der Waals surface area contributed by atoms with Crippen molar-refractivity contribution in [2.24, 2.45) is 11.8 Å². The van der Waals surface area contributed by atoms with E-state index in [0.717, 1.165) is 11.8 Å². The zero-order valence-corrected chi connectivity index (χ0v) is 15.8. The third kappa shape index (κ3) is 4.00. The summed E-state index contributed by atoms with van der Waals surface area (Å²) in [6, 6.07) is 12.4. The average molecular weight is 314 g/mol. The van der Waals surface area contributed by atoms with Crippen LogP contribution in [0.3, 0.4) is 0 Å². The Kier molecular flexibility index (Phi) is 6.74. The molecule has 0 heterocycles. The highest BCUT2D eigenvalue weighted by Gasteiger charge is 2.39. The minimum atomic E-state index is 0.593. The zero-order chi connectivity index (χ0) is 16.8. The average Bonchev–Trinajstić information content (AvgIpc) is 2.57. The second-order valence-corrected chi connectivity index (χ2v) is 7.16. The first-order chi connectivity index (χ1) is 11.1. The first-order valence-corrected chi connectivity index (χ1v) is 9.66. The van der Waals surface area contributed by atoms with E-state index in [9.17, 15) is 0 Å². The highest BCUT2D eigenvalue weighted by Crippen LogP contribution is 2.42. The van der Waals surface area contributed by atoms with Crippen molar-refractivity contribution in [2.45, 2.75) is 78.8 Å². The molecule has 2 rings (SSSR count). The van der Waals surface area contributed by atoms with Gasteiger partial charge in [-0.2, -0.15) is 0 Å². The summed E-state index contributed by atoms with van der Waals surface area (Å²) in [7, 11) is 0. The van der Waals surface area contributed by atoms with Gasteiger partial charge in [-0.15, -0.1) is 0 Å². The van der Waals surface area contributed by atoms with Gasteiger partial charge < -0.3 is 4.90 Å². The summed E-state index contributed by atoms with van der Waals surface area (Å²) in [5.41, 5.74) is 3.09. The van der Waals surface area contributed by atoms with E-state index in [1.807, 2.05) is 0 Å². The molecule has 1 aliphatic rings. The van der Waals surface area contributed by atoms with Crippen molar-refractivity contribution in [1.29, 1.82) is 0 Å². The Bertz CT molecular complexity index is 490. The fourth-order valence-corrected chi connectivity index (χ4v) is 4.01.